The van der Waals surface area contributed by atoms with Crippen molar-refractivity contribution in [1.82, 2.24) is 24.7 Å². The number of ether oxygens (including phenoxy) is 1. The first-order chi connectivity index (χ1) is 15.5. The van der Waals surface area contributed by atoms with Crippen molar-refractivity contribution in [2.45, 2.75) is 19.9 Å². The molecule has 4 rings (SSSR count). The molecule has 0 saturated heterocycles. The highest BCUT2D eigenvalue weighted by Crippen LogP contribution is 2.21. The Morgan fingerprint density at radius 2 is 1.78 bits per heavy atom. The van der Waals surface area contributed by atoms with Crippen molar-refractivity contribution in [3.63, 3.8) is 0 Å². The first kappa shape index (κ1) is 21.0. The number of nitrogens with zero attached hydrogens (tertiary/aromatic N) is 5. The molecular formula is C23H23N7O2. The highest BCUT2D eigenvalue weighted by molar-refractivity contribution is 6.04. The lowest BCUT2D eigenvalue weighted by Crippen LogP contribution is -2.13. The van der Waals surface area contributed by atoms with Crippen molar-refractivity contribution < 1.29 is 9.53 Å². The minimum atomic E-state index is -0.276. The summed E-state index contributed by atoms with van der Waals surface area (Å²) in [4.78, 5) is 21.7. The fourth-order valence-electron chi connectivity index (χ4n) is 3.11. The van der Waals surface area contributed by atoms with Crippen molar-refractivity contribution in [3.8, 4) is 17.4 Å². The molecule has 162 valence electrons. The normalized spacial score (nSPS) is 10.8. The van der Waals surface area contributed by atoms with Crippen molar-refractivity contribution >= 4 is 23.2 Å². The Balaban J connectivity index is 1.51. The number of amides is 1. The molecule has 1 amide bonds. The van der Waals surface area contributed by atoms with Crippen molar-refractivity contribution in [2.24, 2.45) is 0 Å². The van der Waals surface area contributed by atoms with E-state index in [1.54, 1.807) is 43.8 Å². The van der Waals surface area contributed by atoms with E-state index in [1.165, 1.54) is 0 Å². The zero-order chi connectivity index (χ0) is 22.5. The first-order valence-electron chi connectivity index (χ1n) is 10.1. The van der Waals surface area contributed by atoms with Crippen LogP contribution in [0.1, 0.15) is 30.2 Å². The molecule has 0 aliphatic carbocycles. The highest BCUT2D eigenvalue weighted by atomic mass is 16.5. The van der Waals surface area contributed by atoms with Crippen LogP contribution in [-0.2, 0) is 0 Å². The molecule has 1 aromatic carbocycles. The summed E-state index contributed by atoms with van der Waals surface area (Å²) >= 11 is 0. The van der Waals surface area contributed by atoms with Crippen LogP contribution in [0.2, 0.25) is 0 Å². The van der Waals surface area contributed by atoms with Crippen LogP contribution >= 0.6 is 0 Å². The SMILES string of the molecule is COc1cccc(Nc2cccc(C(=O)Nc3cccc(-c4nncn4C(C)C)n3)c2)n1. The van der Waals surface area contributed by atoms with Gasteiger partial charge < -0.3 is 19.9 Å². The van der Waals surface area contributed by atoms with E-state index < -0.39 is 0 Å². The molecule has 9 heteroatoms. The van der Waals surface area contributed by atoms with Gasteiger partial charge in [0.1, 0.15) is 23.7 Å². The zero-order valence-corrected chi connectivity index (χ0v) is 18.0. The van der Waals surface area contributed by atoms with Gasteiger partial charge in [0.15, 0.2) is 5.82 Å². The molecular weight excluding hydrogens is 406 g/mol. The number of carbonyl (C=O) groups excluding carboxylic acids is 1. The maximum absolute atomic E-state index is 12.8. The van der Waals surface area contributed by atoms with Gasteiger partial charge in [-0.2, -0.15) is 4.98 Å². The molecule has 0 fully saturated rings. The maximum Gasteiger partial charge on any atom is 0.256 e. The van der Waals surface area contributed by atoms with Crippen molar-refractivity contribution in [2.75, 3.05) is 17.7 Å². The van der Waals surface area contributed by atoms with E-state index in [4.69, 9.17) is 4.74 Å². The van der Waals surface area contributed by atoms with Gasteiger partial charge in [-0.15, -0.1) is 10.2 Å². The molecule has 0 unspecified atom stereocenters. The molecule has 0 saturated carbocycles. The molecule has 0 radical (unpaired) electrons. The average molecular weight is 429 g/mol. The minimum Gasteiger partial charge on any atom is -0.481 e. The van der Waals surface area contributed by atoms with E-state index in [0.29, 0.717) is 34.6 Å². The average Bonchev–Trinajstić information content (AvgIpc) is 3.30. The molecule has 0 aliphatic rings. The lowest BCUT2D eigenvalue weighted by Gasteiger charge is -2.11. The zero-order valence-electron chi connectivity index (χ0n) is 18.0. The van der Waals surface area contributed by atoms with Gasteiger partial charge in [0.2, 0.25) is 5.88 Å². The van der Waals surface area contributed by atoms with E-state index >= 15 is 0 Å². The number of pyridine rings is 2. The smallest absolute Gasteiger partial charge is 0.256 e. The first-order valence-corrected chi connectivity index (χ1v) is 10.1. The molecule has 0 atom stereocenters. The number of anilines is 3. The fraction of sp³-hybridized carbons (Fsp3) is 0.174. The number of benzene rings is 1. The fourth-order valence-corrected chi connectivity index (χ4v) is 3.11. The number of carbonyl (C=O) groups is 1. The second kappa shape index (κ2) is 9.25. The van der Waals surface area contributed by atoms with Gasteiger partial charge in [-0.25, -0.2) is 4.98 Å². The van der Waals surface area contributed by atoms with Crippen molar-refractivity contribution in [3.05, 3.63) is 72.6 Å². The number of hydrogen-bond acceptors (Lipinski definition) is 7. The summed E-state index contributed by atoms with van der Waals surface area (Å²) in [5, 5.41) is 14.2. The van der Waals surface area contributed by atoms with Crippen LogP contribution in [0.3, 0.4) is 0 Å². The monoisotopic (exact) mass is 429 g/mol. The van der Waals surface area contributed by atoms with E-state index in [0.717, 1.165) is 5.69 Å². The quantitative estimate of drug-likeness (QED) is 0.450. The second-order valence-electron chi connectivity index (χ2n) is 7.29. The van der Waals surface area contributed by atoms with E-state index in [-0.39, 0.29) is 11.9 Å². The topological polar surface area (TPSA) is 107 Å². The second-order valence-corrected chi connectivity index (χ2v) is 7.29. The predicted molar refractivity (Wildman–Crippen MR) is 122 cm³/mol. The van der Waals surface area contributed by atoms with Crippen LogP contribution in [0.15, 0.2) is 67.0 Å². The van der Waals surface area contributed by atoms with Crippen LogP contribution in [0.25, 0.3) is 11.5 Å². The molecule has 0 spiro atoms. The molecule has 3 heterocycles. The lowest BCUT2D eigenvalue weighted by atomic mass is 10.2. The molecule has 4 aromatic rings. The van der Waals surface area contributed by atoms with Crippen LogP contribution in [0.4, 0.5) is 17.3 Å². The summed E-state index contributed by atoms with van der Waals surface area (Å²) in [5.74, 6) is 1.92. The summed E-state index contributed by atoms with van der Waals surface area (Å²) in [6.45, 7) is 4.08. The predicted octanol–water partition coefficient (Wildman–Crippen LogP) is 4.32. The Morgan fingerprint density at radius 3 is 2.59 bits per heavy atom. The van der Waals surface area contributed by atoms with Crippen LogP contribution in [0, 0.1) is 0 Å². The van der Waals surface area contributed by atoms with Crippen LogP contribution < -0.4 is 15.4 Å². The number of aromatic nitrogens is 5. The van der Waals surface area contributed by atoms with Gasteiger partial charge >= 0.3 is 0 Å². The number of hydrogen-bond donors (Lipinski definition) is 2. The molecule has 0 aliphatic heterocycles. The summed E-state index contributed by atoms with van der Waals surface area (Å²) in [6, 6.07) is 18.1. The van der Waals surface area contributed by atoms with Gasteiger partial charge in [-0.3, -0.25) is 4.79 Å². The Labute approximate surface area is 185 Å². The number of methoxy groups -OCH3 is 1. The van der Waals surface area contributed by atoms with Gasteiger partial charge in [0, 0.05) is 23.4 Å². The molecule has 2 N–H and O–H groups in total. The maximum atomic E-state index is 12.8. The third kappa shape index (κ3) is 4.72. The van der Waals surface area contributed by atoms with E-state index in [9.17, 15) is 4.79 Å². The molecule has 32 heavy (non-hydrogen) atoms. The largest absolute Gasteiger partial charge is 0.481 e. The van der Waals surface area contributed by atoms with Crippen LogP contribution in [-0.4, -0.2) is 37.7 Å². The highest BCUT2D eigenvalue weighted by Gasteiger charge is 2.13. The third-order valence-corrected chi connectivity index (χ3v) is 4.68. The standard InChI is InChI=1S/C23H23N7O2/c1-15(2)30-14-24-29-22(30)18-9-5-10-20(26-18)28-23(31)16-7-4-8-17(13-16)25-19-11-6-12-21(27-19)32-3/h4-15H,1-3H3,(H,25,27)(H,26,28,31). The Kier molecular flexibility index (Phi) is 6.07. The lowest BCUT2D eigenvalue weighted by molar-refractivity contribution is 0.102. The minimum absolute atomic E-state index is 0.189. The van der Waals surface area contributed by atoms with Gasteiger partial charge in [-0.05, 0) is 50.2 Å². The van der Waals surface area contributed by atoms with Crippen molar-refractivity contribution in [1.29, 1.82) is 0 Å². The Bertz CT molecular complexity index is 1240. The van der Waals surface area contributed by atoms with Crippen LogP contribution in [0.5, 0.6) is 5.88 Å². The number of nitrogens with one attached hydrogen (secondary N) is 2. The summed E-state index contributed by atoms with van der Waals surface area (Å²) in [5.41, 5.74) is 1.84. The Morgan fingerprint density at radius 1 is 1.00 bits per heavy atom. The van der Waals surface area contributed by atoms with E-state index in [2.05, 4.69) is 30.8 Å². The van der Waals surface area contributed by atoms with Gasteiger partial charge in [0.25, 0.3) is 5.91 Å². The number of rotatable bonds is 7. The molecule has 3 aromatic heterocycles. The third-order valence-electron chi connectivity index (χ3n) is 4.68. The van der Waals surface area contributed by atoms with Gasteiger partial charge in [0.05, 0.1) is 7.11 Å². The van der Waals surface area contributed by atoms with E-state index in [1.807, 2.05) is 48.7 Å². The molecule has 9 nitrogen and oxygen atoms in total. The molecule has 0 bridgehead atoms. The van der Waals surface area contributed by atoms with Gasteiger partial charge in [-0.1, -0.05) is 18.2 Å². The summed E-state index contributed by atoms with van der Waals surface area (Å²) in [6.07, 6.45) is 1.67. The summed E-state index contributed by atoms with van der Waals surface area (Å²) in [7, 11) is 1.56. The Hall–Kier alpha value is -4.27. The summed E-state index contributed by atoms with van der Waals surface area (Å²) < 4.78 is 7.07.